The van der Waals surface area contributed by atoms with Crippen molar-refractivity contribution in [1.82, 2.24) is 5.32 Å². The molecule has 0 bridgehead atoms. The fourth-order valence-electron chi connectivity index (χ4n) is 2.05. The first-order valence-corrected chi connectivity index (χ1v) is 7.75. The normalized spacial score (nSPS) is 10.5. The summed E-state index contributed by atoms with van der Waals surface area (Å²) in [7, 11) is 0. The number of anilines is 1. The minimum Gasteiger partial charge on any atom is -0.492 e. The molecule has 2 N–H and O–H groups in total. The van der Waals surface area contributed by atoms with E-state index in [9.17, 15) is 14.0 Å². The second-order valence-corrected chi connectivity index (χ2v) is 5.24. The molecule has 0 unspecified atom stereocenters. The molecule has 0 heterocycles. The lowest BCUT2D eigenvalue weighted by Gasteiger charge is -2.08. The molecule has 0 atom stereocenters. The van der Waals surface area contributed by atoms with Crippen LogP contribution in [0.1, 0.15) is 12.5 Å². The average molecular weight is 342 g/mol. The molecule has 0 spiro atoms. The fraction of sp³-hybridized carbons (Fsp3) is 0.158. The number of carbonyl (C=O) groups is 2. The molecule has 2 aromatic rings. The summed E-state index contributed by atoms with van der Waals surface area (Å²) in [6.07, 6.45) is 2.88. The highest BCUT2D eigenvalue weighted by atomic mass is 19.1. The van der Waals surface area contributed by atoms with Crippen LogP contribution in [-0.4, -0.2) is 25.0 Å². The molecule has 0 saturated carbocycles. The van der Waals surface area contributed by atoms with E-state index < -0.39 is 0 Å². The molecule has 0 radical (unpaired) electrons. The van der Waals surface area contributed by atoms with Crippen LogP contribution in [0.5, 0.6) is 5.75 Å². The average Bonchev–Trinajstić information content (AvgIpc) is 2.57. The van der Waals surface area contributed by atoms with E-state index in [0.717, 1.165) is 0 Å². The Morgan fingerprint density at radius 2 is 1.96 bits per heavy atom. The summed E-state index contributed by atoms with van der Waals surface area (Å²) >= 11 is 0. The van der Waals surface area contributed by atoms with Crippen molar-refractivity contribution in [2.45, 2.75) is 6.92 Å². The first-order chi connectivity index (χ1) is 12.0. The van der Waals surface area contributed by atoms with Crippen molar-refractivity contribution in [2.75, 3.05) is 18.5 Å². The van der Waals surface area contributed by atoms with E-state index in [4.69, 9.17) is 4.74 Å². The molecule has 2 amide bonds. The predicted molar refractivity (Wildman–Crippen MR) is 94.7 cm³/mol. The van der Waals surface area contributed by atoms with Crippen LogP contribution in [0, 0.1) is 5.82 Å². The molecule has 6 heteroatoms. The van der Waals surface area contributed by atoms with Gasteiger partial charge in [0, 0.05) is 24.8 Å². The topological polar surface area (TPSA) is 67.4 Å². The van der Waals surface area contributed by atoms with Crippen LogP contribution in [0.2, 0.25) is 0 Å². The van der Waals surface area contributed by atoms with Crippen LogP contribution < -0.4 is 15.4 Å². The Balaban J connectivity index is 1.73. The highest BCUT2D eigenvalue weighted by Gasteiger charge is 2.00. The Labute approximate surface area is 145 Å². The van der Waals surface area contributed by atoms with Gasteiger partial charge >= 0.3 is 0 Å². The highest BCUT2D eigenvalue weighted by Crippen LogP contribution is 2.17. The smallest absolute Gasteiger partial charge is 0.244 e. The van der Waals surface area contributed by atoms with Crippen LogP contribution in [0.3, 0.4) is 0 Å². The Hall–Kier alpha value is -3.15. The maximum Gasteiger partial charge on any atom is 0.244 e. The Kier molecular flexibility index (Phi) is 6.71. The molecule has 0 aliphatic carbocycles. The highest BCUT2D eigenvalue weighted by molar-refractivity contribution is 5.91. The maximum atomic E-state index is 13.0. The van der Waals surface area contributed by atoms with Gasteiger partial charge in [-0.05, 0) is 35.9 Å². The van der Waals surface area contributed by atoms with E-state index in [1.807, 2.05) is 0 Å². The van der Waals surface area contributed by atoms with E-state index in [2.05, 4.69) is 10.6 Å². The van der Waals surface area contributed by atoms with Crippen molar-refractivity contribution in [1.29, 1.82) is 0 Å². The molecule has 0 aliphatic rings. The number of hydrogen-bond acceptors (Lipinski definition) is 3. The quantitative estimate of drug-likeness (QED) is 0.600. The summed E-state index contributed by atoms with van der Waals surface area (Å²) in [5.41, 5.74) is 1.26. The molecule has 5 nitrogen and oxygen atoms in total. The van der Waals surface area contributed by atoms with Crippen LogP contribution in [0.15, 0.2) is 54.6 Å². The second kappa shape index (κ2) is 9.22. The summed E-state index contributed by atoms with van der Waals surface area (Å²) in [5, 5.41) is 5.34. The third kappa shape index (κ3) is 6.87. The zero-order valence-corrected chi connectivity index (χ0v) is 13.8. The number of nitrogens with one attached hydrogen (secondary N) is 2. The predicted octanol–water partition coefficient (Wildman–Crippen LogP) is 2.99. The molecular weight excluding hydrogens is 323 g/mol. The Morgan fingerprint density at radius 1 is 1.16 bits per heavy atom. The van der Waals surface area contributed by atoms with E-state index in [0.29, 0.717) is 23.5 Å². The lowest BCUT2D eigenvalue weighted by atomic mass is 10.2. The molecule has 2 rings (SSSR count). The number of benzene rings is 2. The van der Waals surface area contributed by atoms with Gasteiger partial charge in [0.25, 0.3) is 0 Å². The van der Waals surface area contributed by atoms with Gasteiger partial charge in [0.05, 0.1) is 6.54 Å². The summed E-state index contributed by atoms with van der Waals surface area (Å²) in [6.45, 7) is 2.03. The number of carbonyl (C=O) groups excluding carboxylic acids is 2. The number of hydrogen-bond donors (Lipinski definition) is 2. The van der Waals surface area contributed by atoms with Gasteiger partial charge in [-0.2, -0.15) is 0 Å². The van der Waals surface area contributed by atoms with Gasteiger partial charge in [-0.25, -0.2) is 4.39 Å². The molecule has 0 saturated heterocycles. The number of amides is 2. The monoisotopic (exact) mass is 342 g/mol. The van der Waals surface area contributed by atoms with Gasteiger partial charge in [-0.15, -0.1) is 0 Å². The van der Waals surface area contributed by atoms with Crippen LogP contribution in [0.25, 0.3) is 6.08 Å². The van der Waals surface area contributed by atoms with Gasteiger partial charge < -0.3 is 15.4 Å². The standard InChI is InChI=1S/C19H19FN2O3/c1-14(23)22-17-6-3-7-18(13-17)25-11-10-21-19(24)9-8-15-4-2-5-16(20)12-15/h2-9,12-13H,10-11H2,1H3,(H,21,24)(H,22,23). The molecule has 0 aromatic heterocycles. The third-order valence-corrected chi connectivity index (χ3v) is 3.10. The zero-order chi connectivity index (χ0) is 18.1. The minimum atomic E-state index is -0.350. The molecule has 25 heavy (non-hydrogen) atoms. The van der Waals surface area contributed by atoms with E-state index in [-0.39, 0.29) is 24.2 Å². The lowest BCUT2D eigenvalue weighted by Crippen LogP contribution is -2.26. The summed E-state index contributed by atoms with van der Waals surface area (Å²) in [4.78, 5) is 22.7. The minimum absolute atomic E-state index is 0.158. The van der Waals surface area contributed by atoms with Crippen molar-refractivity contribution in [3.8, 4) is 5.75 Å². The van der Waals surface area contributed by atoms with Gasteiger partial charge in [0.15, 0.2) is 0 Å². The van der Waals surface area contributed by atoms with Gasteiger partial charge in [-0.3, -0.25) is 9.59 Å². The first kappa shape index (κ1) is 18.2. The van der Waals surface area contributed by atoms with E-state index >= 15 is 0 Å². The number of ether oxygens (including phenoxy) is 1. The van der Waals surface area contributed by atoms with Crippen molar-refractivity contribution < 1.29 is 18.7 Å². The summed E-state index contributed by atoms with van der Waals surface area (Å²) in [6, 6.07) is 13.0. The largest absolute Gasteiger partial charge is 0.492 e. The van der Waals surface area contributed by atoms with Crippen molar-refractivity contribution >= 4 is 23.6 Å². The SMILES string of the molecule is CC(=O)Nc1cccc(OCCNC(=O)C=Cc2cccc(F)c2)c1. The maximum absolute atomic E-state index is 13.0. The van der Waals surface area contributed by atoms with Crippen molar-refractivity contribution in [3.63, 3.8) is 0 Å². The fourth-order valence-corrected chi connectivity index (χ4v) is 2.05. The Bertz CT molecular complexity index is 775. The van der Waals surface area contributed by atoms with Crippen LogP contribution in [0.4, 0.5) is 10.1 Å². The second-order valence-electron chi connectivity index (χ2n) is 5.24. The molecule has 130 valence electrons. The third-order valence-electron chi connectivity index (χ3n) is 3.10. The lowest BCUT2D eigenvalue weighted by molar-refractivity contribution is -0.116. The molecule has 0 aliphatic heterocycles. The first-order valence-electron chi connectivity index (χ1n) is 7.75. The number of halogens is 1. The van der Waals surface area contributed by atoms with Gasteiger partial charge in [0.2, 0.25) is 11.8 Å². The van der Waals surface area contributed by atoms with Gasteiger partial charge in [0.1, 0.15) is 18.2 Å². The summed E-state index contributed by atoms with van der Waals surface area (Å²) < 4.78 is 18.5. The molecule has 0 fully saturated rings. The van der Waals surface area contributed by atoms with Crippen molar-refractivity contribution in [2.24, 2.45) is 0 Å². The van der Waals surface area contributed by atoms with E-state index in [1.54, 1.807) is 36.4 Å². The van der Waals surface area contributed by atoms with Crippen LogP contribution >= 0.6 is 0 Å². The molecule has 2 aromatic carbocycles. The van der Waals surface area contributed by atoms with Crippen molar-refractivity contribution in [3.05, 3.63) is 66.0 Å². The van der Waals surface area contributed by atoms with Gasteiger partial charge in [-0.1, -0.05) is 18.2 Å². The Morgan fingerprint density at radius 3 is 2.72 bits per heavy atom. The van der Waals surface area contributed by atoms with Crippen LogP contribution in [-0.2, 0) is 9.59 Å². The number of rotatable bonds is 7. The van der Waals surface area contributed by atoms with E-state index in [1.165, 1.54) is 31.2 Å². The zero-order valence-electron chi connectivity index (χ0n) is 13.8. The summed E-state index contributed by atoms with van der Waals surface area (Å²) in [5.74, 6) is -0.206. The molecular formula is C19H19FN2O3.